The van der Waals surface area contributed by atoms with E-state index in [0.717, 1.165) is 33.7 Å². The van der Waals surface area contributed by atoms with Gasteiger partial charge in [-0.1, -0.05) is 30.3 Å². The normalized spacial score (nSPS) is 13.6. The van der Waals surface area contributed by atoms with Gasteiger partial charge >= 0.3 is 0 Å². The van der Waals surface area contributed by atoms with Crippen LogP contribution in [0.1, 0.15) is 12.8 Å². The van der Waals surface area contributed by atoms with Gasteiger partial charge in [0.25, 0.3) is 0 Å². The zero-order valence-corrected chi connectivity index (χ0v) is 20.3. The Hall–Kier alpha value is -4.98. The topological polar surface area (TPSA) is 98.9 Å². The predicted octanol–water partition coefficient (Wildman–Crippen LogP) is 6.47. The molecule has 3 aromatic carbocycles. The highest BCUT2D eigenvalue weighted by Crippen LogP contribution is 2.47. The Morgan fingerprint density at radius 3 is 2.03 bits per heavy atom. The van der Waals surface area contributed by atoms with E-state index in [9.17, 15) is 14.0 Å². The van der Waals surface area contributed by atoms with Crippen LogP contribution in [0.25, 0.3) is 22.3 Å². The molecule has 0 bridgehead atoms. The fraction of sp³-hybridized carbons (Fsp3) is 0.100. The Labute approximate surface area is 218 Å². The number of H-pyrrole nitrogens is 1. The van der Waals surface area contributed by atoms with Crippen LogP contribution in [0, 0.1) is 11.2 Å². The highest BCUT2D eigenvalue weighted by Gasteiger charge is 2.56. The van der Waals surface area contributed by atoms with E-state index in [1.165, 1.54) is 24.3 Å². The molecule has 0 aliphatic heterocycles. The number of hydrogen-bond acceptors (Lipinski definition) is 4. The van der Waals surface area contributed by atoms with Gasteiger partial charge in [-0.25, -0.2) is 9.37 Å². The van der Waals surface area contributed by atoms with Crippen LogP contribution in [0.4, 0.5) is 27.1 Å². The molecule has 38 heavy (non-hydrogen) atoms. The van der Waals surface area contributed by atoms with Crippen LogP contribution in [-0.4, -0.2) is 21.8 Å². The minimum atomic E-state index is -1.11. The van der Waals surface area contributed by atoms with Gasteiger partial charge in [0, 0.05) is 34.3 Å². The van der Waals surface area contributed by atoms with Crippen molar-refractivity contribution in [2.45, 2.75) is 12.8 Å². The largest absolute Gasteiger partial charge is 0.355 e. The highest BCUT2D eigenvalue weighted by molar-refractivity contribution is 6.17. The first-order chi connectivity index (χ1) is 18.5. The Morgan fingerprint density at radius 1 is 0.789 bits per heavy atom. The van der Waals surface area contributed by atoms with Crippen molar-refractivity contribution in [3.05, 3.63) is 103 Å². The van der Waals surface area contributed by atoms with Gasteiger partial charge in [0.05, 0.1) is 5.69 Å². The number of benzene rings is 3. The molecular formula is C30H24FN5O2. The third-order valence-electron chi connectivity index (χ3n) is 6.76. The SMILES string of the molecule is O=C(Nc1ccc(F)cc1)C1(C(=O)Nc2ccc(Nc3ccnc4[nH]c(-c5ccccc5)cc34)cc2)CC1. The molecule has 2 amide bonds. The van der Waals surface area contributed by atoms with Crippen LogP contribution in [0.5, 0.6) is 0 Å². The second kappa shape index (κ2) is 9.48. The monoisotopic (exact) mass is 505 g/mol. The molecule has 0 radical (unpaired) electrons. The van der Waals surface area contributed by atoms with E-state index in [2.05, 4.69) is 32.0 Å². The molecule has 0 atom stereocenters. The minimum absolute atomic E-state index is 0.352. The number of nitrogens with one attached hydrogen (secondary N) is 4. The zero-order chi connectivity index (χ0) is 26.1. The maximum Gasteiger partial charge on any atom is 0.240 e. The summed E-state index contributed by atoms with van der Waals surface area (Å²) in [5.74, 6) is -1.13. The molecule has 7 nitrogen and oxygen atoms in total. The summed E-state index contributed by atoms with van der Waals surface area (Å²) in [6, 6.07) is 26.8. The number of hydrogen-bond donors (Lipinski definition) is 4. The molecule has 1 fully saturated rings. The Balaban J connectivity index is 1.13. The summed E-state index contributed by atoms with van der Waals surface area (Å²) in [5, 5.41) is 9.96. The van der Waals surface area contributed by atoms with Crippen molar-refractivity contribution in [2.75, 3.05) is 16.0 Å². The molecule has 5 aromatic rings. The van der Waals surface area contributed by atoms with Crippen molar-refractivity contribution in [3.8, 4) is 11.3 Å². The van der Waals surface area contributed by atoms with Crippen LogP contribution < -0.4 is 16.0 Å². The molecule has 6 rings (SSSR count). The maximum absolute atomic E-state index is 13.1. The zero-order valence-electron chi connectivity index (χ0n) is 20.3. The number of carbonyl (C=O) groups is 2. The van der Waals surface area contributed by atoms with E-state index in [4.69, 9.17) is 0 Å². The first-order valence-corrected chi connectivity index (χ1v) is 12.3. The summed E-state index contributed by atoms with van der Waals surface area (Å²) in [6.07, 6.45) is 2.67. The van der Waals surface area contributed by atoms with Gasteiger partial charge in [0.1, 0.15) is 16.9 Å². The third kappa shape index (κ3) is 4.59. The molecule has 1 aliphatic carbocycles. The minimum Gasteiger partial charge on any atom is -0.355 e. The lowest BCUT2D eigenvalue weighted by molar-refractivity contribution is -0.131. The number of halogens is 1. The summed E-state index contributed by atoms with van der Waals surface area (Å²) < 4.78 is 13.1. The Morgan fingerprint density at radius 2 is 1.39 bits per heavy atom. The molecule has 2 heterocycles. The molecule has 4 N–H and O–H groups in total. The molecule has 8 heteroatoms. The lowest BCUT2D eigenvalue weighted by Gasteiger charge is -2.16. The molecule has 0 spiro atoms. The highest BCUT2D eigenvalue weighted by atomic mass is 19.1. The van der Waals surface area contributed by atoms with E-state index in [1.54, 1.807) is 18.3 Å². The number of aromatic nitrogens is 2. The Bertz CT molecular complexity index is 1630. The molecule has 2 aromatic heterocycles. The van der Waals surface area contributed by atoms with Crippen LogP contribution >= 0.6 is 0 Å². The van der Waals surface area contributed by atoms with E-state index in [0.29, 0.717) is 24.2 Å². The average molecular weight is 506 g/mol. The van der Waals surface area contributed by atoms with E-state index >= 15 is 0 Å². The lowest BCUT2D eigenvalue weighted by Crippen LogP contribution is -2.35. The number of anilines is 4. The predicted molar refractivity (Wildman–Crippen MR) is 147 cm³/mol. The van der Waals surface area contributed by atoms with Gasteiger partial charge in [0.2, 0.25) is 11.8 Å². The Kier molecular flexibility index (Phi) is 5.84. The maximum atomic E-state index is 13.1. The van der Waals surface area contributed by atoms with Gasteiger partial charge in [-0.05, 0) is 79.1 Å². The molecule has 0 saturated heterocycles. The average Bonchev–Trinajstić information content (AvgIpc) is 3.64. The van der Waals surface area contributed by atoms with Crippen LogP contribution in [0.3, 0.4) is 0 Å². The van der Waals surface area contributed by atoms with Crippen LogP contribution in [-0.2, 0) is 9.59 Å². The number of nitrogens with zero attached hydrogens (tertiary/aromatic N) is 1. The number of rotatable bonds is 7. The summed E-state index contributed by atoms with van der Waals surface area (Å²) in [4.78, 5) is 33.6. The van der Waals surface area contributed by atoms with Crippen molar-refractivity contribution >= 4 is 45.6 Å². The quantitative estimate of drug-likeness (QED) is 0.191. The van der Waals surface area contributed by atoms with Crippen molar-refractivity contribution in [2.24, 2.45) is 5.41 Å². The van der Waals surface area contributed by atoms with Gasteiger partial charge < -0.3 is 20.9 Å². The summed E-state index contributed by atoms with van der Waals surface area (Å²) in [5.41, 5.74) is 4.52. The molecule has 1 saturated carbocycles. The summed E-state index contributed by atoms with van der Waals surface area (Å²) in [6.45, 7) is 0. The number of aromatic amines is 1. The summed E-state index contributed by atoms with van der Waals surface area (Å²) >= 11 is 0. The van der Waals surface area contributed by atoms with Crippen molar-refractivity contribution < 1.29 is 14.0 Å². The smallest absolute Gasteiger partial charge is 0.240 e. The van der Waals surface area contributed by atoms with Crippen molar-refractivity contribution in [1.82, 2.24) is 9.97 Å². The van der Waals surface area contributed by atoms with E-state index < -0.39 is 11.2 Å². The molecule has 0 unspecified atom stereocenters. The number of amides is 2. The third-order valence-corrected chi connectivity index (χ3v) is 6.76. The van der Waals surface area contributed by atoms with Crippen molar-refractivity contribution in [3.63, 3.8) is 0 Å². The second-order valence-corrected chi connectivity index (χ2v) is 9.37. The number of fused-ring (bicyclic) bond motifs is 1. The number of pyridine rings is 1. The molecule has 1 aliphatic rings. The summed E-state index contributed by atoms with van der Waals surface area (Å²) in [7, 11) is 0. The first kappa shape index (κ1) is 23.4. The van der Waals surface area contributed by atoms with Gasteiger partial charge in [0.15, 0.2) is 0 Å². The second-order valence-electron chi connectivity index (χ2n) is 9.37. The molecular weight excluding hydrogens is 481 g/mol. The standard InChI is InChI=1S/C30H24FN5O2/c31-20-6-8-22(9-7-20)34-28(37)30(15-16-30)29(38)35-23-12-10-21(11-13-23)33-25-14-17-32-27-24(25)18-26(36-27)19-4-2-1-3-5-19/h1-14,17-18H,15-16H2,(H,34,37)(H,35,38)(H2,32,33,36). The van der Waals surface area contributed by atoms with Crippen LogP contribution in [0.2, 0.25) is 0 Å². The molecule has 188 valence electrons. The fourth-order valence-electron chi connectivity index (χ4n) is 4.42. The van der Waals surface area contributed by atoms with Gasteiger partial charge in [-0.15, -0.1) is 0 Å². The lowest BCUT2D eigenvalue weighted by atomic mass is 10.0. The van der Waals surface area contributed by atoms with Gasteiger partial charge in [-0.2, -0.15) is 0 Å². The first-order valence-electron chi connectivity index (χ1n) is 12.3. The van der Waals surface area contributed by atoms with E-state index in [1.807, 2.05) is 48.5 Å². The van der Waals surface area contributed by atoms with Crippen LogP contribution in [0.15, 0.2) is 97.2 Å². The van der Waals surface area contributed by atoms with Crippen molar-refractivity contribution in [1.29, 1.82) is 0 Å². The van der Waals surface area contributed by atoms with E-state index in [-0.39, 0.29) is 11.8 Å². The van der Waals surface area contributed by atoms with Gasteiger partial charge in [-0.3, -0.25) is 9.59 Å². The fourth-order valence-corrected chi connectivity index (χ4v) is 4.42. The number of carbonyl (C=O) groups excluding carboxylic acids is 2.